The van der Waals surface area contributed by atoms with Gasteiger partial charge in [-0.15, -0.1) is 0 Å². The van der Waals surface area contributed by atoms with Crippen molar-refractivity contribution in [3.63, 3.8) is 0 Å². The number of hydrogen-bond acceptors (Lipinski definition) is 5. The number of methoxy groups -OCH3 is 2. The summed E-state index contributed by atoms with van der Waals surface area (Å²) in [5.41, 5.74) is 0.270. The molecule has 1 N–H and O–H groups in total. The second-order valence-corrected chi connectivity index (χ2v) is 5.28. The second-order valence-electron chi connectivity index (χ2n) is 5.28. The highest BCUT2D eigenvalue weighted by Crippen LogP contribution is 2.26. The van der Waals surface area contributed by atoms with E-state index in [1.807, 2.05) is 0 Å². The van der Waals surface area contributed by atoms with Gasteiger partial charge in [0.15, 0.2) is 0 Å². The Kier molecular flexibility index (Phi) is 5.81. The number of amides is 1. The van der Waals surface area contributed by atoms with Crippen molar-refractivity contribution in [3.8, 4) is 11.5 Å². The number of carboxylic acids is 1. The summed E-state index contributed by atoms with van der Waals surface area (Å²) >= 11 is 0. The van der Waals surface area contributed by atoms with Crippen LogP contribution in [0.1, 0.15) is 23.2 Å². The second kappa shape index (κ2) is 7.82. The largest absolute Gasteiger partial charge is 0.497 e. The third-order valence-electron chi connectivity index (χ3n) is 3.70. The molecule has 1 amide bonds. The van der Waals surface area contributed by atoms with E-state index in [1.165, 1.54) is 19.1 Å². The van der Waals surface area contributed by atoms with E-state index in [0.29, 0.717) is 18.1 Å². The predicted octanol–water partition coefficient (Wildman–Crippen LogP) is 1.41. The molecule has 1 aromatic carbocycles. The van der Waals surface area contributed by atoms with Gasteiger partial charge in [0, 0.05) is 13.2 Å². The molecule has 126 valence electrons. The molecule has 23 heavy (non-hydrogen) atoms. The van der Waals surface area contributed by atoms with Crippen molar-refractivity contribution in [1.29, 1.82) is 0 Å². The van der Waals surface area contributed by atoms with Crippen LogP contribution in [0.25, 0.3) is 0 Å². The van der Waals surface area contributed by atoms with Crippen LogP contribution in [0, 0.1) is 0 Å². The molecule has 1 aliphatic rings. The zero-order chi connectivity index (χ0) is 16.8. The van der Waals surface area contributed by atoms with Gasteiger partial charge in [-0.05, 0) is 31.0 Å². The number of hydrogen-bond donors (Lipinski definition) is 1. The number of ether oxygens (including phenoxy) is 3. The number of rotatable bonds is 7. The monoisotopic (exact) mass is 323 g/mol. The van der Waals surface area contributed by atoms with Gasteiger partial charge in [-0.2, -0.15) is 0 Å². The Labute approximate surface area is 134 Å². The lowest BCUT2D eigenvalue weighted by Gasteiger charge is -2.24. The summed E-state index contributed by atoms with van der Waals surface area (Å²) in [6, 6.07) is 4.85. The number of carbonyl (C=O) groups is 2. The number of benzene rings is 1. The van der Waals surface area contributed by atoms with Crippen LogP contribution in [-0.4, -0.2) is 61.9 Å². The minimum atomic E-state index is -1.07. The van der Waals surface area contributed by atoms with Gasteiger partial charge in [-0.1, -0.05) is 0 Å². The minimum Gasteiger partial charge on any atom is -0.497 e. The molecule has 1 fully saturated rings. The summed E-state index contributed by atoms with van der Waals surface area (Å²) in [6.07, 6.45) is 1.61. The number of nitrogens with zero attached hydrogens (tertiary/aromatic N) is 1. The summed E-state index contributed by atoms with van der Waals surface area (Å²) in [4.78, 5) is 25.2. The van der Waals surface area contributed by atoms with Gasteiger partial charge in [0.25, 0.3) is 5.91 Å². The van der Waals surface area contributed by atoms with Crippen LogP contribution in [0.2, 0.25) is 0 Å². The Morgan fingerprint density at radius 1 is 1.35 bits per heavy atom. The van der Waals surface area contributed by atoms with E-state index in [2.05, 4.69) is 0 Å². The Morgan fingerprint density at radius 2 is 2.13 bits per heavy atom. The van der Waals surface area contributed by atoms with Crippen molar-refractivity contribution in [2.75, 3.05) is 33.9 Å². The van der Waals surface area contributed by atoms with Crippen molar-refractivity contribution >= 4 is 11.9 Å². The lowest BCUT2D eigenvalue weighted by Crippen LogP contribution is -2.40. The summed E-state index contributed by atoms with van der Waals surface area (Å²) < 4.78 is 15.9. The number of aliphatic carboxylic acids is 1. The third kappa shape index (κ3) is 4.35. The van der Waals surface area contributed by atoms with Crippen LogP contribution in [-0.2, 0) is 9.53 Å². The maximum absolute atomic E-state index is 12.8. The highest BCUT2D eigenvalue weighted by molar-refractivity contribution is 5.98. The molecule has 0 aliphatic carbocycles. The summed E-state index contributed by atoms with van der Waals surface area (Å²) in [7, 11) is 2.96. The van der Waals surface area contributed by atoms with E-state index in [1.54, 1.807) is 18.2 Å². The molecule has 0 radical (unpaired) electrons. The van der Waals surface area contributed by atoms with Crippen LogP contribution in [0.5, 0.6) is 11.5 Å². The van der Waals surface area contributed by atoms with E-state index in [0.717, 1.165) is 12.8 Å². The van der Waals surface area contributed by atoms with Gasteiger partial charge in [0.05, 0.1) is 25.9 Å². The maximum Gasteiger partial charge on any atom is 0.323 e. The van der Waals surface area contributed by atoms with E-state index >= 15 is 0 Å². The smallest absolute Gasteiger partial charge is 0.323 e. The average Bonchev–Trinajstić information content (AvgIpc) is 3.05. The molecule has 0 unspecified atom stereocenters. The van der Waals surface area contributed by atoms with Crippen molar-refractivity contribution in [1.82, 2.24) is 4.90 Å². The molecule has 1 aliphatic heterocycles. The molecule has 7 nitrogen and oxygen atoms in total. The van der Waals surface area contributed by atoms with Gasteiger partial charge in [0.1, 0.15) is 18.0 Å². The lowest BCUT2D eigenvalue weighted by atomic mass is 10.1. The predicted molar refractivity (Wildman–Crippen MR) is 82.1 cm³/mol. The Balaban J connectivity index is 2.25. The van der Waals surface area contributed by atoms with Crippen molar-refractivity contribution in [2.45, 2.75) is 18.9 Å². The normalized spacial score (nSPS) is 16.9. The molecule has 0 spiro atoms. The Hall–Kier alpha value is -2.28. The van der Waals surface area contributed by atoms with E-state index < -0.39 is 11.9 Å². The molecule has 7 heteroatoms. The fourth-order valence-electron chi connectivity index (χ4n) is 2.57. The molecular weight excluding hydrogens is 302 g/mol. The first-order valence-corrected chi connectivity index (χ1v) is 7.40. The molecule has 1 aromatic rings. The maximum atomic E-state index is 12.8. The van der Waals surface area contributed by atoms with Crippen molar-refractivity contribution in [2.24, 2.45) is 0 Å². The highest BCUT2D eigenvalue weighted by Gasteiger charge is 2.27. The molecule has 1 atom stereocenters. The molecule has 1 heterocycles. The molecular formula is C16H21NO6. The molecule has 0 aromatic heterocycles. The van der Waals surface area contributed by atoms with Crippen molar-refractivity contribution in [3.05, 3.63) is 23.8 Å². The number of carboxylic acid groups (broad SMARTS) is 1. The zero-order valence-corrected chi connectivity index (χ0v) is 13.3. The quantitative estimate of drug-likeness (QED) is 0.816. The molecule has 1 saturated heterocycles. The summed E-state index contributed by atoms with van der Waals surface area (Å²) in [5, 5.41) is 9.09. The Morgan fingerprint density at radius 3 is 2.70 bits per heavy atom. The van der Waals surface area contributed by atoms with E-state index in [-0.39, 0.29) is 24.8 Å². The Bertz CT molecular complexity index is 568. The first-order valence-electron chi connectivity index (χ1n) is 7.40. The summed E-state index contributed by atoms with van der Waals surface area (Å²) in [6.45, 7) is 0.493. The number of carbonyl (C=O) groups excluding carboxylic acids is 1. The third-order valence-corrected chi connectivity index (χ3v) is 3.70. The summed E-state index contributed by atoms with van der Waals surface area (Å²) in [5.74, 6) is -0.614. The van der Waals surface area contributed by atoms with Gasteiger partial charge in [-0.25, -0.2) is 0 Å². The molecule has 0 saturated carbocycles. The van der Waals surface area contributed by atoms with Crippen LogP contribution in [0.4, 0.5) is 0 Å². The van der Waals surface area contributed by atoms with Gasteiger partial charge < -0.3 is 24.2 Å². The van der Waals surface area contributed by atoms with Crippen LogP contribution < -0.4 is 9.47 Å². The topological polar surface area (TPSA) is 85.3 Å². The first-order chi connectivity index (χ1) is 11.0. The first kappa shape index (κ1) is 17.1. The fourth-order valence-corrected chi connectivity index (χ4v) is 2.57. The van der Waals surface area contributed by atoms with Crippen molar-refractivity contribution < 1.29 is 28.9 Å². The average molecular weight is 323 g/mol. The highest BCUT2D eigenvalue weighted by atomic mass is 16.5. The SMILES string of the molecule is COc1ccc(OC)c(C(=O)N(CC(=O)O)C[C@H]2CCCO2)c1. The van der Waals surface area contributed by atoms with Crippen LogP contribution in [0.3, 0.4) is 0 Å². The van der Waals surface area contributed by atoms with E-state index in [4.69, 9.17) is 19.3 Å². The van der Waals surface area contributed by atoms with Crippen LogP contribution >= 0.6 is 0 Å². The van der Waals surface area contributed by atoms with Gasteiger partial charge in [0.2, 0.25) is 0 Å². The fraction of sp³-hybridized carbons (Fsp3) is 0.500. The van der Waals surface area contributed by atoms with Gasteiger partial charge >= 0.3 is 5.97 Å². The van der Waals surface area contributed by atoms with Gasteiger partial charge in [-0.3, -0.25) is 9.59 Å². The molecule has 2 rings (SSSR count). The van der Waals surface area contributed by atoms with Crippen LogP contribution in [0.15, 0.2) is 18.2 Å². The lowest BCUT2D eigenvalue weighted by molar-refractivity contribution is -0.138. The zero-order valence-electron chi connectivity index (χ0n) is 13.3. The van der Waals surface area contributed by atoms with E-state index in [9.17, 15) is 9.59 Å². The minimum absolute atomic E-state index is 0.130. The standard InChI is InChI=1S/C16H21NO6/c1-21-11-5-6-14(22-2)13(8-11)16(20)17(10-15(18)19)9-12-4-3-7-23-12/h5-6,8,12H,3-4,7,9-10H2,1-2H3,(H,18,19)/t12-/m1/s1. The molecule has 0 bridgehead atoms.